The number of hydrogen-bond donors (Lipinski definition) is 1. The molecule has 80 valence electrons. The Morgan fingerprint density at radius 1 is 1.36 bits per heavy atom. The Morgan fingerprint density at radius 2 is 2.07 bits per heavy atom. The molecular formula is C11H18BrNO. The van der Waals surface area contributed by atoms with Crippen molar-refractivity contribution in [3.05, 3.63) is 11.1 Å². The monoisotopic (exact) mass is 259 g/mol. The lowest BCUT2D eigenvalue weighted by Crippen LogP contribution is -2.26. The topological polar surface area (TPSA) is 23.5 Å². The molecule has 0 aromatic rings. The van der Waals surface area contributed by atoms with Crippen molar-refractivity contribution in [1.82, 2.24) is 4.90 Å². The molecule has 1 aliphatic carbocycles. The third-order valence-corrected chi connectivity index (χ3v) is 3.74. The van der Waals surface area contributed by atoms with Crippen LogP contribution in [-0.4, -0.2) is 35.7 Å². The third kappa shape index (κ3) is 2.38. The van der Waals surface area contributed by atoms with Gasteiger partial charge in [0.15, 0.2) is 0 Å². The van der Waals surface area contributed by atoms with Gasteiger partial charge in [0.25, 0.3) is 0 Å². The molecule has 2 fully saturated rings. The van der Waals surface area contributed by atoms with E-state index in [-0.39, 0.29) is 6.10 Å². The molecule has 0 aromatic carbocycles. The van der Waals surface area contributed by atoms with Crippen LogP contribution in [0.3, 0.4) is 0 Å². The lowest BCUT2D eigenvalue weighted by molar-refractivity contribution is 0.0866. The minimum absolute atomic E-state index is 0.0385. The number of likely N-dealkylation sites (tertiary alicyclic amines) is 1. The van der Waals surface area contributed by atoms with Crippen LogP contribution in [0.5, 0.6) is 0 Å². The number of halogens is 1. The molecule has 1 saturated carbocycles. The second-order valence-electron chi connectivity index (χ2n) is 4.70. The summed E-state index contributed by atoms with van der Waals surface area (Å²) in [5.41, 5.74) is 0. The Bertz CT molecular complexity index is 231. The minimum Gasteiger partial charge on any atom is -0.393 e. The quantitative estimate of drug-likeness (QED) is 0.820. The molecular weight excluding hydrogens is 242 g/mol. The van der Waals surface area contributed by atoms with Crippen LogP contribution in [0, 0.1) is 11.8 Å². The summed E-state index contributed by atoms with van der Waals surface area (Å²) in [7, 11) is 0. The summed E-state index contributed by atoms with van der Waals surface area (Å²) < 4.78 is 1.07. The van der Waals surface area contributed by atoms with Crippen molar-refractivity contribution in [3.8, 4) is 0 Å². The molecule has 0 bridgehead atoms. The summed E-state index contributed by atoms with van der Waals surface area (Å²) in [4.78, 5) is 2.45. The molecule has 0 radical (unpaired) electrons. The molecule has 2 rings (SSSR count). The van der Waals surface area contributed by atoms with Gasteiger partial charge < -0.3 is 5.11 Å². The van der Waals surface area contributed by atoms with E-state index in [2.05, 4.69) is 27.4 Å². The van der Waals surface area contributed by atoms with Gasteiger partial charge in [0.1, 0.15) is 0 Å². The molecule has 1 aliphatic heterocycles. The van der Waals surface area contributed by atoms with E-state index in [1.54, 1.807) is 0 Å². The second kappa shape index (κ2) is 4.33. The first-order valence-electron chi connectivity index (χ1n) is 5.39. The van der Waals surface area contributed by atoms with E-state index in [0.29, 0.717) is 0 Å². The Hall–Kier alpha value is 0.140. The van der Waals surface area contributed by atoms with Gasteiger partial charge in [-0.1, -0.05) is 22.5 Å². The van der Waals surface area contributed by atoms with Crippen LogP contribution in [0.2, 0.25) is 0 Å². The van der Waals surface area contributed by atoms with E-state index in [4.69, 9.17) is 0 Å². The molecule has 2 aliphatic rings. The summed E-state index contributed by atoms with van der Waals surface area (Å²) >= 11 is 3.41. The van der Waals surface area contributed by atoms with Crippen molar-refractivity contribution >= 4 is 15.9 Å². The van der Waals surface area contributed by atoms with E-state index >= 15 is 0 Å². The Balaban J connectivity index is 1.89. The molecule has 1 heterocycles. The highest BCUT2D eigenvalue weighted by atomic mass is 79.9. The van der Waals surface area contributed by atoms with Crippen molar-refractivity contribution in [1.29, 1.82) is 0 Å². The van der Waals surface area contributed by atoms with E-state index in [1.165, 1.54) is 13.0 Å². The summed E-state index contributed by atoms with van der Waals surface area (Å²) in [5.74, 6) is 1.55. The molecule has 0 spiro atoms. The van der Waals surface area contributed by atoms with E-state index in [9.17, 15) is 5.11 Å². The summed E-state index contributed by atoms with van der Waals surface area (Å²) in [6, 6.07) is 0. The molecule has 1 N–H and O–H groups in total. The maximum Gasteiger partial charge on any atom is 0.0543 e. The van der Waals surface area contributed by atoms with Gasteiger partial charge in [0, 0.05) is 24.1 Å². The van der Waals surface area contributed by atoms with Crippen LogP contribution in [0.25, 0.3) is 0 Å². The van der Waals surface area contributed by atoms with Gasteiger partial charge in [-0.3, -0.25) is 4.90 Å². The maximum atomic E-state index is 9.58. The fourth-order valence-corrected chi connectivity index (χ4v) is 3.23. The molecule has 0 aromatic heterocycles. The third-order valence-electron chi connectivity index (χ3n) is 3.49. The van der Waals surface area contributed by atoms with Gasteiger partial charge in [-0.15, -0.1) is 0 Å². The normalized spacial score (nSPS) is 38.3. The lowest BCUT2D eigenvalue weighted by Gasteiger charge is -2.27. The predicted octanol–water partition coefficient (Wildman–Crippen LogP) is 1.99. The fraction of sp³-hybridized carbons (Fsp3) is 0.818. The average molecular weight is 260 g/mol. The van der Waals surface area contributed by atoms with Crippen molar-refractivity contribution < 1.29 is 5.11 Å². The van der Waals surface area contributed by atoms with Gasteiger partial charge in [-0.2, -0.15) is 0 Å². The molecule has 3 heteroatoms. The molecule has 3 atom stereocenters. The molecule has 14 heavy (non-hydrogen) atoms. The maximum absolute atomic E-state index is 9.58. The van der Waals surface area contributed by atoms with Crippen molar-refractivity contribution in [2.24, 2.45) is 11.8 Å². The van der Waals surface area contributed by atoms with Crippen LogP contribution < -0.4 is 0 Å². The number of aliphatic hydroxyl groups is 1. The van der Waals surface area contributed by atoms with Gasteiger partial charge in [0.2, 0.25) is 0 Å². The largest absolute Gasteiger partial charge is 0.393 e. The van der Waals surface area contributed by atoms with Gasteiger partial charge >= 0.3 is 0 Å². The SMILES string of the molecule is C=C(Br)CN1CC2CCC(O)CC2C1. The predicted molar refractivity (Wildman–Crippen MR) is 61.3 cm³/mol. The average Bonchev–Trinajstić information content (AvgIpc) is 2.44. The number of aliphatic hydroxyl groups excluding tert-OH is 1. The Kier molecular flexibility index (Phi) is 3.30. The summed E-state index contributed by atoms with van der Waals surface area (Å²) in [5, 5.41) is 9.58. The van der Waals surface area contributed by atoms with Crippen LogP contribution in [0.1, 0.15) is 19.3 Å². The zero-order valence-corrected chi connectivity index (χ0v) is 10.0. The van der Waals surface area contributed by atoms with Crippen LogP contribution in [0.15, 0.2) is 11.1 Å². The minimum atomic E-state index is -0.0385. The summed E-state index contributed by atoms with van der Waals surface area (Å²) in [6.45, 7) is 7.18. The van der Waals surface area contributed by atoms with Crippen LogP contribution in [0.4, 0.5) is 0 Å². The Morgan fingerprint density at radius 3 is 2.79 bits per heavy atom. The highest BCUT2D eigenvalue weighted by molar-refractivity contribution is 9.11. The van der Waals surface area contributed by atoms with E-state index in [0.717, 1.165) is 42.2 Å². The number of nitrogens with zero attached hydrogens (tertiary/aromatic N) is 1. The number of hydrogen-bond acceptors (Lipinski definition) is 2. The van der Waals surface area contributed by atoms with Gasteiger partial charge in [-0.05, 0) is 31.1 Å². The summed E-state index contributed by atoms with van der Waals surface area (Å²) in [6.07, 6.45) is 3.18. The van der Waals surface area contributed by atoms with Gasteiger partial charge in [0.05, 0.1) is 6.10 Å². The first-order chi connectivity index (χ1) is 6.65. The highest BCUT2D eigenvalue weighted by Gasteiger charge is 2.36. The highest BCUT2D eigenvalue weighted by Crippen LogP contribution is 2.36. The van der Waals surface area contributed by atoms with Crippen molar-refractivity contribution in [3.63, 3.8) is 0 Å². The van der Waals surface area contributed by atoms with E-state index in [1.807, 2.05) is 0 Å². The Labute approximate surface area is 94.1 Å². The molecule has 1 saturated heterocycles. The second-order valence-corrected chi connectivity index (χ2v) is 5.82. The standard InChI is InChI=1S/C11H18BrNO/c1-8(12)5-13-6-9-2-3-11(14)4-10(9)7-13/h9-11,14H,1-7H2. The number of fused-ring (bicyclic) bond motifs is 1. The van der Waals surface area contributed by atoms with Crippen molar-refractivity contribution in [2.45, 2.75) is 25.4 Å². The smallest absolute Gasteiger partial charge is 0.0543 e. The zero-order valence-electron chi connectivity index (χ0n) is 8.45. The molecule has 3 unspecified atom stereocenters. The molecule has 2 nitrogen and oxygen atoms in total. The number of rotatable bonds is 2. The first kappa shape index (κ1) is 10.7. The fourth-order valence-electron chi connectivity index (χ4n) is 2.88. The molecule has 0 amide bonds. The van der Waals surface area contributed by atoms with E-state index < -0.39 is 0 Å². The van der Waals surface area contributed by atoms with Crippen LogP contribution in [-0.2, 0) is 0 Å². The van der Waals surface area contributed by atoms with Crippen LogP contribution >= 0.6 is 15.9 Å². The zero-order chi connectivity index (χ0) is 10.1. The lowest BCUT2D eigenvalue weighted by atomic mass is 9.80. The first-order valence-corrected chi connectivity index (χ1v) is 6.18. The van der Waals surface area contributed by atoms with Crippen molar-refractivity contribution in [2.75, 3.05) is 19.6 Å². The van der Waals surface area contributed by atoms with Gasteiger partial charge in [-0.25, -0.2) is 0 Å².